The summed E-state index contributed by atoms with van der Waals surface area (Å²) in [6.07, 6.45) is 1.95. The van der Waals surface area contributed by atoms with E-state index in [1.165, 1.54) is 0 Å². The molecule has 0 saturated heterocycles. The van der Waals surface area contributed by atoms with Gasteiger partial charge in [0.1, 0.15) is 6.04 Å². The van der Waals surface area contributed by atoms with Gasteiger partial charge in [-0.25, -0.2) is 4.79 Å². The summed E-state index contributed by atoms with van der Waals surface area (Å²) in [5, 5.41) is 15.7. The number of aromatic nitrogens is 2. The van der Waals surface area contributed by atoms with Gasteiger partial charge in [0.05, 0.1) is 0 Å². The molecule has 1 rings (SSSR count). The van der Waals surface area contributed by atoms with Crippen molar-refractivity contribution in [2.45, 2.75) is 71.8 Å². The van der Waals surface area contributed by atoms with Crippen molar-refractivity contribution in [3.63, 3.8) is 0 Å². The maximum Gasteiger partial charge on any atom is 0.326 e. The number of nitrogens with one attached hydrogen (secondary N) is 1. The van der Waals surface area contributed by atoms with Crippen LogP contribution in [0.25, 0.3) is 0 Å². The van der Waals surface area contributed by atoms with Gasteiger partial charge >= 0.3 is 5.97 Å². The number of aliphatic carboxylic acids is 1. The summed E-state index contributed by atoms with van der Waals surface area (Å²) in [7, 11) is 0. The second kappa shape index (κ2) is 8.08. The van der Waals surface area contributed by atoms with Gasteiger partial charge in [-0.3, -0.25) is 4.79 Å². The van der Waals surface area contributed by atoms with Crippen molar-refractivity contribution in [2.24, 2.45) is 5.92 Å². The molecule has 23 heavy (non-hydrogen) atoms. The lowest BCUT2D eigenvalue weighted by Gasteiger charge is -2.19. The van der Waals surface area contributed by atoms with Crippen LogP contribution < -0.4 is 5.32 Å². The number of amides is 1. The Morgan fingerprint density at radius 3 is 2.48 bits per heavy atom. The van der Waals surface area contributed by atoms with Gasteiger partial charge in [-0.1, -0.05) is 46.2 Å². The number of carboxylic acid groups (broad SMARTS) is 1. The molecular weight excluding hydrogens is 298 g/mol. The number of nitrogens with zero attached hydrogens (tertiary/aromatic N) is 2. The number of rotatable bonds is 8. The van der Waals surface area contributed by atoms with Crippen molar-refractivity contribution >= 4 is 11.9 Å². The highest BCUT2D eigenvalue weighted by Gasteiger charge is 2.25. The van der Waals surface area contributed by atoms with Crippen LogP contribution in [0, 0.1) is 5.92 Å². The van der Waals surface area contributed by atoms with Crippen LogP contribution in [0.3, 0.4) is 0 Å². The smallest absolute Gasteiger partial charge is 0.326 e. The van der Waals surface area contributed by atoms with E-state index in [4.69, 9.17) is 9.63 Å². The Balaban J connectivity index is 2.44. The third-order valence-corrected chi connectivity index (χ3v) is 3.73. The van der Waals surface area contributed by atoms with Gasteiger partial charge in [-0.15, -0.1) is 0 Å². The first-order valence-corrected chi connectivity index (χ1v) is 8.00. The molecule has 0 radical (unpaired) electrons. The normalized spacial score (nSPS) is 14.3. The van der Waals surface area contributed by atoms with Gasteiger partial charge < -0.3 is 14.9 Å². The van der Waals surface area contributed by atoms with Gasteiger partial charge in [0.15, 0.2) is 5.82 Å². The Morgan fingerprint density at radius 2 is 2.00 bits per heavy atom. The molecule has 7 nitrogen and oxygen atoms in total. The third kappa shape index (κ3) is 6.00. The zero-order chi connectivity index (χ0) is 17.6. The lowest BCUT2D eigenvalue weighted by atomic mass is 9.96. The summed E-state index contributed by atoms with van der Waals surface area (Å²) in [6.45, 7) is 9.70. The molecule has 1 aromatic rings. The minimum absolute atomic E-state index is 0.110. The Morgan fingerprint density at radius 1 is 1.35 bits per heavy atom. The van der Waals surface area contributed by atoms with Crippen LogP contribution in [-0.2, 0) is 21.4 Å². The molecule has 1 amide bonds. The molecule has 1 heterocycles. The number of aryl methyl sites for hydroxylation is 1. The van der Waals surface area contributed by atoms with E-state index in [0.717, 1.165) is 0 Å². The average Bonchev–Trinajstić information content (AvgIpc) is 2.92. The van der Waals surface area contributed by atoms with E-state index in [9.17, 15) is 9.59 Å². The van der Waals surface area contributed by atoms with Crippen LogP contribution in [0.4, 0.5) is 0 Å². The van der Waals surface area contributed by atoms with Gasteiger partial charge in [0.2, 0.25) is 11.8 Å². The van der Waals surface area contributed by atoms with Gasteiger partial charge in [-0.2, -0.15) is 4.98 Å². The van der Waals surface area contributed by atoms with Crippen molar-refractivity contribution in [3.05, 3.63) is 11.7 Å². The third-order valence-electron chi connectivity index (χ3n) is 3.73. The molecule has 7 heteroatoms. The molecule has 0 aliphatic heterocycles. The Labute approximate surface area is 136 Å². The van der Waals surface area contributed by atoms with Crippen molar-refractivity contribution in [1.29, 1.82) is 0 Å². The molecule has 0 aliphatic rings. The number of carbonyl (C=O) groups excluding carboxylic acids is 1. The summed E-state index contributed by atoms with van der Waals surface area (Å²) in [5.74, 6) is -0.242. The first-order valence-electron chi connectivity index (χ1n) is 8.00. The molecule has 0 aromatic carbocycles. The van der Waals surface area contributed by atoms with E-state index < -0.39 is 12.0 Å². The maximum absolute atomic E-state index is 11.9. The molecular formula is C16H27N3O4. The fourth-order valence-electron chi connectivity index (χ4n) is 1.99. The van der Waals surface area contributed by atoms with Crippen molar-refractivity contribution < 1.29 is 19.2 Å². The molecule has 0 aliphatic carbocycles. The second-order valence-electron chi connectivity index (χ2n) is 6.88. The first kappa shape index (κ1) is 19.1. The van der Waals surface area contributed by atoms with Crippen LogP contribution in [0.2, 0.25) is 0 Å². The monoisotopic (exact) mass is 325 g/mol. The van der Waals surface area contributed by atoms with E-state index in [-0.39, 0.29) is 23.7 Å². The minimum atomic E-state index is -1.00. The molecule has 0 fully saturated rings. The van der Waals surface area contributed by atoms with Crippen LogP contribution in [0.1, 0.15) is 65.6 Å². The first-order chi connectivity index (χ1) is 10.6. The quantitative estimate of drug-likeness (QED) is 0.760. The van der Waals surface area contributed by atoms with E-state index in [1.54, 1.807) is 0 Å². The Kier molecular flexibility index (Phi) is 6.72. The van der Waals surface area contributed by atoms with Crippen LogP contribution in [0.15, 0.2) is 4.52 Å². The average molecular weight is 325 g/mol. The Hall–Kier alpha value is -1.92. The largest absolute Gasteiger partial charge is 0.480 e. The lowest BCUT2D eigenvalue weighted by molar-refractivity contribution is -0.143. The fraction of sp³-hybridized carbons (Fsp3) is 0.750. The second-order valence-corrected chi connectivity index (χ2v) is 6.88. The maximum atomic E-state index is 11.9. The number of carbonyl (C=O) groups is 2. The summed E-state index contributed by atoms with van der Waals surface area (Å²) >= 11 is 0. The molecule has 0 spiro atoms. The molecule has 0 bridgehead atoms. The van der Waals surface area contributed by atoms with E-state index in [2.05, 4.69) is 15.5 Å². The van der Waals surface area contributed by atoms with E-state index in [0.29, 0.717) is 31.0 Å². The number of hydrogen-bond donors (Lipinski definition) is 2. The molecule has 2 atom stereocenters. The summed E-state index contributed by atoms with van der Waals surface area (Å²) in [5.41, 5.74) is -0.176. The van der Waals surface area contributed by atoms with Crippen molar-refractivity contribution in [2.75, 3.05) is 0 Å². The van der Waals surface area contributed by atoms with Gasteiger partial charge in [0, 0.05) is 18.3 Å². The van der Waals surface area contributed by atoms with Crippen molar-refractivity contribution in [1.82, 2.24) is 15.5 Å². The zero-order valence-corrected chi connectivity index (χ0v) is 14.5. The van der Waals surface area contributed by atoms with Crippen molar-refractivity contribution in [3.8, 4) is 0 Å². The highest BCUT2D eigenvalue weighted by atomic mass is 16.5. The predicted molar refractivity (Wildman–Crippen MR) is 85.0 cm³/mol. The molecule has 2 N–H and O–H groups in total. The summed E-state index contributed by atoms with van der Waals surface area (Å²) in [4.78, 5) is 27.4. The van der Waals surface area contributed by atoms with E-state index >= 15 is 0 Å². The summed E-state index contributed by atoms with van der Waals surface area (Å²) in [6, 6.07) is -0.844. The Bertz CT molecular complexity index is 534. The highest BCUT2D eigenvalue weighted by Crippen LogP contribution is 2.19. The standard InChI is InChI=1S/C16H27N3O4/c1-6-10(2)13(14(21)22)17-11(20)8-7-9-12-18-15(19-23-12)16(3,4)5/h10,13H,6-9H2,1-5H3,(H,17,20)(H,21,22)/t10-,13-/m0/s1. The SMILES string of the molecule is CC[C@H](C)[C@H](NC(=O)CCCc1nc(C(C)(C)C)no1)C(=O)O. The van der Waals surface area contributed by atoms with Gasteiger partial charge in [0.25, 0.3) is 0 Å². The lowest BCUT2D eigenvalue weighted by Crippen LogP contribution is -2.44. The summed E-state index contributed by atoms with van der Waals surface area (Å²) < 4.78 is 5.16. The minimum Gasteiger partial charge on any atom is -0.480 e. The van der Waals surface area contributed by atoms with Gasteiger partial charge in [-0.05, 0) is 12.3 Å². The fourth-order valence-corrected chi connectivity index (χ4v) is 1.99. The number of carboxylic acids is 1. The molecule has 1 aromatic heterocycles. The van der Waals surface area contributed by atoms with Crippen LogP contribution in [-0.4, -0.2) is 33.2 Å². The highest BCUT2D eigenvalue weighted by molar-refractivity contribution is 5.83. The molecule has 0 saturated carbocycles. The zero-order valence-electron chi connectivity index (χ0n) is 14.5. The molecule has 0 unspecified atom stereocenters. The van der Waals surface area contributed by atoms with Crippen LogP contribution in [0.5, 0.6) is 0 Å². The molecule has 130 valence electrons. The van der Waals surface area contributed by atoms with Crippen LogP contribution >= 0.6 is 0 Å². The number of hydrogen-bond acceptors (Lipinski definition) is 5. The predicted octanol–water partition coefficient (Wildman–Crippen LogP) is 2.31. The topological polar surface area (TPSA) is 105 Å². The van der Waals surface area contributed by atoms with E-state index in [1.807, 2.05) is 34.6 Å².